The van der Waals surface area contributed by atoms with Gasteiger partial charge in [-0.1, -0.05) is 67.8 Å². The number of likely N-dealkylation sites (N-methyl/N-ethyl adjacent to an activating group) is 1. The van der Waals surface area contributed by atoms with Crippen LogP contribution in [-0.4, -0.2) is 31.3 Å². The van der Waals surface area contributed by atoms with Crippen LogP contribution in [0.5, 0.6) is 0 Å². The Morgan fingerprint density at radius 3 is 2.37 bits per heavy atom. The SMILES string of the molecule is CNC[C@@H](O)[C@H](c1ccccc1)N1CC2(CCCCC2)c2ccccc21.Cl. The molecule has 146 valence electrons. The number of rotatable bonds is 5. The number of hydrogen-bond acceptors (Lipinski definition) is 3. The van der Waals surface area contributed by atoms with E-state index in [4.69, 9.17) is 0 Å². The molecule has 0 bridgehead atoms. The summed E-state index contributed by atoms with van der Waals surface area (Å²) in [4.78, 5) is 2.48. The predicted molar refractivity (Wildman–Crippen MR) is 115 cm³/mol. The highest BCUT2D eigenvalue weighted by molar-refractivity contribution is 5.85. The summed E-state index contributed by atoms with van der Waals surface area (Å²) in [5, 5.41) is 14.2. The maximum absolute atomic E-state index is 11.0. The standard InChI is InChI=1S/C23H30N2O.ClH/c1-24-16-21(26)22(18-10-4-2-5-11-18)25-17-23(14-8-3-9-15-23)19-12-6-7-13-20(19)25;/h2,4-7,10-13,21-22,24,26H,3,8-9,14-17H2,1H3;1H/t21-,22+;/m1./s1. The van der Waals surface area contributed by atoms with Crippen molar-refractivity contribution >= 4 is 18.1 Å². The summed E-state index contributed by atoms with van der Waals surface area (Å²) < 4.78 is 0. The fourth-order valence-electron chi connectivity index (χ4n) is 5.15. The highest BCUT2D eigenvalue weighted by Gasteiger charge is 2.46. The zero-order valence-corrected chi connectivity index (χ0v) is 16.9. The Morgan fingerprint density at radius 1 is 1.00 bits per heavy atom. The summed E-state index contributed by atoms with van der Waals surface area (Å²) in [6.45, 7) is 1.61. The Bertz CT molecular complexity index is 730. The molecule has 4 heteroatoms. The molecule has 3 nitrogen and oxygen atoms in total. The van der Waals surface area contributed by atoms with Crippen LogP contribution in [0, 0.1) is 0 Å². The molecule has 1 heterocycles. The lowest BCUT2D eigenvalue weighted by Gasteiger charge is -2.38. The van der Waals surface area contributed by atoms with Gasteiger partial charge in [0.2, 0.25) is 0 Å². The van der Waals surface area contributed by atoms with E-state index in [1.807, 2.05) is 13.1 Å². The predicted octanol–water partition coefficient (Wildman–Crippen LogP) is 4.45. The van der Waals surface area contributed by atoms with Crippen LogP contribution < -0.4 is 10.2 Å². The van der Waals surface area contributed by atoms with Crippen molar-refractivity contribution in [3.05, 3.63) is 65.7 Å². The van der Waals surface area contributed by atoms with Gasteiger partial charge in [-0.05, 0) is 37.1 Å². The number of para-hydroxylation sites is 1. The van der Waals surface area contributed by atoms with Gasteiger partial charge in [0.15, 0.2) is 0 Å². The number of benzene rings is 2. The Kier molecular flexibility index (Phi) is 6.46. The Labute approximate surface area is 169 Å². The molecule has 2 atom stereocenters. The molecule has 1 fully saturated rings. The molecule has 4 rings (SSSR count). The van der Waals surface area contributed by atoms with Gasteiger partial charge in [0.1, 0.15) is 0 Å². The first-order valence-corrected chi connectivity index (χ1v) is 9.99. The minimum Gasteiger partial charge on any atom is -0.389 e. The highest BCUT2D eigenvalue weighted by atomic mass is 35.5. The molecule has 2 aliphatic rings. The molecule has 2 N–H and O–H groups in total. The van der Waals surface area contributed by atoms with E-state index in [9.17, 15) is 5.11 Å². The Morgan fingerprint density at radius 2 is 1.67 bits per heavy atom. The Balaban J connectivity index is 0.00000210. The quantitative estimate of drug-likeness (QED) is 0.796. The van der Waals surface area contributed by atoms with Crippen molar-refractivity contribution in [3.8, 4) is 0 Å². The first-order chi connectivity index (χ1) is 12.7. The van der Waals surface area contributed by atoms with Gasteiger partial charge >= 0.3 is 0 Å². The first-order valence-electron chi connectivity index (χ1n) is 9.99. The fraction of sp³-hybridized carbons (Fsp3) is 0.478. The minimum absolute atomic E-state index is 0. The first kappa shape index (κ1) is 20.2. The maximum atomic E-state index is 11.0. The smallest absolute Gasteiger partial charge is 0.0909 e. The van der Waals surface area contributed by atoms with Crippen LogP contribution >= 0.6 is 12.4 Å². The van der Waals surface area contributed by atoms with Gasteiger partial charge < -0.3 is 15.3 Å². The van der Waals surface area contributed by atoms with Crippen LogP contribution in [0.1, 0.15) is 49.3 Å². The normalized spacial score (nSPS) is 20.0. The largest absolute Gasteiger partial charge is 0.389 e. The van der Waals surface area contributed by atoms with Gasteiger partial charge in [-0.25, -0.2) is 0 Å². The lowest BCUT2D eigenvalue weighted by atomic mass is 9.71. The summed E-state index contributed by atoms with van der Waals surface area (Å²) in [7, 11) is 1.91. The van der Waals surface area contributed by atoms with Crippen LogP contribution in [0.25, 0.3) is 0 Å². The van der Waals surface area contributed by atoms with Gasteiger partial charge in [0.05, 0.1) is 12.1 Å². The lowest BCUT2D eigenvalue weighted by Crippen LogP contribution is -2.43. The summed E-state index contributed by atoms with van der Waals surface area (Å²) in [6, 6.07) is 19.4. The minimum atomic E-state index is -0.450. The molecule has 0 radical (unpaired) electrons. The van der Waals surface area contributed by atoms with E-state index < -0.39 is 6.10 Å². The van der Waals surface area contributed by atoms with Crippen molar-refractivity contribution in [2.24, 2.45) is 0 Å². The number of hydrogen-bond donors (Lipinski definition) is 2. The van der Waals surface area contributed by atoms with Gasteiger partial charge in [-0.15, -0.1) is 12.4 Å². The number of nitrogens with zero attached hydrogens (tertiary/aromatic N) is 1. The van der Waals surface area contributed by atoms with Crippen LogP contribution in [0.3, 0.4) is 0 Å². The second-order valence-electron chi connectivity index (χ2n) is 7.97. The number of fused-ring (bicyclic) bond motifs is 2. The molecular formula is C23H31ClN2O. The summed E-state index contributed by atoms with van der Waals surface area (Å²) in [5.41, 5.74) is 4.27. The molecular weight excluding hydrogens is 356 g/mol. The van der Waals surface area contributed by atoms with Gasteiger partial charge in [0.25, 0.3) is 0 Å². The topological polar surface area (TPSA) is 35.5 Å². The van der Waals surface area contributed by atoms with Gasteiger partial charge in [-0.3, -0.25) is 0 Å². The zero-order chi connectivity index (χ0) is 18.0. The van der Waals surface area contributed by atoms with Crippen molar-refractivity contribution in [2.75, 3.05) is 25.0 Å². The third-order valence-corrected chi connectivity index (χ3v) is 6.32. The molecule has 1 aliphatic carbocycles. The van der Waals surface area contributed by atoms with Crippen molar-refractivity contribution in [1.82, 2.24) is 5.32 Å². The van der Waals surface area contributed by atoms with Gasteiger partial charge in [-0.2, -0.15) is 0 Å². The van der Waals surface area contributed by atoms with Gasteiger partial charge in [0, 0.05) is 24.2 Å². The molecule has 0 amide bonds. The van der Waals surface area contributed by atoms with E-state index in [0.29, 0.717) is 6.54 Å². The summed E-state index contributed by atoms with van der Waals surface area (Å²) in [6.07, 6.45) is 6.08. The van der Waals surface area contributed by atoms with Crippen LogP contribution in [-0.2, 0) is 5.41 Å². The zero-order valence-electron chi connectivity index (χ0n) is 16.1. The molecule has 2 aromatic carbocycles. The molecule has 0 saturated heterocycles. The number of aliphatic hydroxyl groups is 1. The van der Waals surface area contributed by atoms with E-state index >= 15 is 0 Å². The molecule has 1 spiro atoms. The average Bonchev–Trinajstić information content (AvgIpc) is 2.98. The van der Waals surface area contributed by atoms with Crippen molar-refractivity contribution in [2.45, 2.75) is 49.7 Å². The van der Waals surface area contributed by atoms with Crippen LogP contribution in [0.15, 0.2) is 54.6 Å². The fourth-order valence-corrected chi connectivity index (χ4v) is 5.15. The number of aliphatic hydroxyl groups excluding tert-OH is 1. The van der Waals surface area contributed by atoms with Crippen molar-refractivity contribution < 1.29 is 5.11 Å². The second-order valence-corrected chi connectivity index (χ2v) is 7.97. The van der Waals surface area contributed by atoms with Crippen molar-refractivity contribution in [3.63, 3.8) is 0 Å². The molecule has 1 aliphatic heterocycles. The second kappa shape index (κ2) is 8.64. The molecule has 27 heavy (non-hydrogen) atoms. The number of anilines is 1. The third-order valence-electron chi connectivity index (χ3n) is 6.32. The number of halogens is 1. The Hall–Kier alpha value is -1.55. The van der Waals surface area contributed by atoms with E-state index in [2.05, 4.69) is 58.7 Å². The monoisotopic (exact) mass is 386 g/mol. The molecule has 1 saturated carbocycles. The van der Waals surface area contributed by atoms with Crippen LogP contribution in [0.4, 0.5) is 5.69 Å². The molecule has 0 aromatic heterocycles. The van der Waals surface area contributed by atoms with E-state index in [0.717, 1.165) is 6.54 Å². The molecule has 0 unspecified atom stereocenters. The summed E-state index contributed by atoms with van der Waals surface area (Å²) in [5.74, 6) is 0. The van der Waals surface area contributed by atoms with Crippen molar-refractivity contribution in [1.29, 1.82) is 0 Å². The van der Waals surface area contributed by atoms with E-state index in [1.54, 1.807) is 0 Å². The highest BCUT2D eigenvalue weighted by Crippen LogP contribution is 2.51. The third kappa shape index (κ3) is 3.73. The summed E-state index contributed by atoms with van der Waals surface area (Å²) >= 11 is 0. The lowest BCUT2D eigenvalue weighted by molar-refractivity contribution is 0.138. The van der Waals surface area contributed by atoms with Crippen LogP contribution in [0.2, 0.25) is 0 Å². The average molecular weight is 387 g/mol. The van der Waals surface area contributed by atoms with E-state index in [1.165, 1.54) is 48.9 Å². The number of nitrogens with one attached hydrogen (secondary N) is 1. The molecule has 2 aromatic rings. The van der Waals surface area contributed by atoms with E-state index in [-0.39, 0.29) is 23.9 Å². The maximum Gasteiger partial charge on any atom is 0.0909 e.